The highest BCUT2D eigenvalue weighted by atomic mass is 16.1. The second-order valence-electron chi connectivity index (χ2n) is 6.16. The average Bonchev–Trinajstić information content (AvgIpc) is 2.69. The minimum Gasteiger partial charge on any atom is -0.294 e. The van der Waals surface area contributed by atoms with Crippen molar-refractivity contribution in [2.24, 2.45) is 5.92 Å². The van der Waals surface area contributed by atoms with E-state index in [0.717, 1.165) is 16.7 Å². The molecule has 124 valence electrons. The number of allylic oxidation sites excluding steroid dienone is 1. The van der Waals surface area contributed by atoms with Gasteiger partial charge in [0.2, 0.25) is 0 Å². The molecule has 0 N–H and O–H groups in total. The fourth-order valence-electron chi connectivity index (χ4n) is 3.37. The van der Waals surface area contributed by atoms with Crippen LogP contribution in [0, 0.1) is 5.92 Å². The van der Waals surface area contributed by atoms with Crippen molar-refractivity contribution in [3.8, 4) is 0 Å². The summed E-state index contributed by atoms with van der Waals surface area (Å²) in [5, 5.41) is 0. The molecule has 0 aromatic heterocycles. The summed E-state index contributed by atoms with van der Waals surface area (Å²) in [5.74, 6) is -0.00369. The van der Waals surface area contributed by atoms with Crippen molar-refractivity contribution >= 4 is 5.78 Å². The van der Waals surface area contributed by atoms with Crippen molar-refractivity contribution in [1.29, 1.82) is 0 Å². The van der Waals surface area contributed by atoms with Crippen molar-refractivity contribution in [2.45, 2.75) is 12.3 Å². The number of carbonyl (C=O) groups is 1. The molecule has 1 heteroatoms. The summed E-state index contributed by atoms with van der Waals surface area (Å²) in [4.78, 5) is 13.3. The minimum absolute atomic E-state index is 0.00751. The Bertz CT molecular complexity index is 767. The molecule has 0 aliphatic rings. The van der Waals surface area contributed by atoms with Gasteiger partial charge in [-0.1, -0.05) is 97.1 Å². The quantitative estimate of drug-likeness (QED) is 0.390. The van der Waals surface area contributed by atoms with Crippen LogP contribution in [0.3, 0.4) is 0 Å². The highest BCUT2D eigenvalue weighted by molar-refractivity contribution is 5.98. The normalized spacial score (nSPS) is 11.9. The summed E-state index contributed by atoms with van der Waals surface area (Å²) in [6.07, 6.45) is 2.49. The number of rotatable bonds is 7. The lowest BCUT2D eigenvalue weighted by atomic mass is 9.75. The SMILES string of the molecule is C=CCC(C(=O)c1ccccc1)C(c1ccccc1)c1ccccc1. The molecule has 1 unspecified atom stereocenters. The van der Waals surface area contributed by atoms with Crippen LogP contribution in [-0.2, 0) is 0 Å². The van der Waals surface area contributed by atoms with Crippen LogP contribution < -0.4 is 0 Å². The molecule has 1 nitrogen and oxygen atoms in total. The number of ketones is 1. The molecule has 0 spiro atoms. The van der Waals surface area contributed by atoms with Gasteiger partial charge in [-0.2, -0.15) is 0 Å². The third-order valence-electron chi connectivity index (χ3n) is 4.54. The zero-order valence-electron chi connectivity index (χ0n) is 14.2. The van der Waals surface area contributed by atoms with Crippen LogP contribution in [0.25, 0.3) is 0 Å². The molecular formula is C24H22O. The van der Waals surface area contributed by atoms with Crippen molar-refractivity contribution in [3.05, 3.63) is 120 Å². The predicted octanol–water partition coefficient (Wildman–Crippen LogP) is 5.89. The molecule has 0 fully saturated rings. The number of hydrogen-bond acceptors (Lipinski definition) is 1. The highest BCUT2D eigenvalue weighted by Crippen LogP contribution is 2.36. The van der Waals surface area contributed by atoms with Crippen LogP contribution in [0.2, 0.25) is 0 Å². The first-order chi connectivity index (χ1) is 12.3. The topological polar surface area (TPSA) is 17.1 Å². The first kappa shape index (κ1) is 16.9. The van der Waals surface area contributed by atoms with E-state index >= 15 is 0 Å². The zero-order valence-corrected chi connectivity index (χ0v) is 14.2. The summed E-state index contributed by atoms with van der Waals surface area (Å²) < 4.78 is 0. The van der Waals surface area contributed by atoms with E-state index in [1.54, 1.807) is 0 Å². The summed E-state index contributed by atoms with van der Waals surface area (Å²) in [6, 6.07) is 30.1. The Morgan fingerprint density at radius 3 is 1.64 bits per heavy atom. The maximum Gasteiger partial charge on any atom is 0.167 e. The summed E-state index contributed by atoms with van der Waals surface area (Å²) in [6.45, 7) is 3.89. The van der Waals surface area contributed by atoms with Gasteiger partial charge in [-0.15, -0.1) is 6.58 Å². The molecule has 0 radical (unpaired) electrons. The van der Waals surface area contributed by atoms with Crippen LogP contribution in [0.4, 0.5) is 0 Å². The Hall–Kier alpha value is -2.93. The number of Topliss-reactive ketones (excluding diaryl/α,β-unsaturated/α-hetero) is 1. The standard InChI is InChI=1S/C24H22O/c1-2-12-22(24(25)21-17-10-5-11-18-21)23(19-13-6-3-7-14-19)20-15-8-4-9-16-20/h2-11,13-18,22-23H,1,12H2. The Kier molecular flexibility index (Phi) is 5.58. The molecule has 1 atom stereocenters. The van der Waals surface area contributed by atoms with E-state index in [1.807, 2.05) is 72.8 Å². The van der Waals surface area contributed by atoms with Crippen LogP contribution in [0.1, 0.15) is 33.8 Å². The fraction of sp³-hybridized carbons (Fsp3) is 0.125. The molecule has 0 aliphatic carbocycles. The molecule has 0 saturated heterocycles. The Balaban J connectivity index is 2.08. The molecule has 3 rings (SSSR count). The zero-order chi connectivity index (χ0) is 17.5. The Labute approximate surface area is 149 Å². The lowest BCUT2D eigenvalue weighted by Crippen LogP contribution is -2.23. The second-order valence-corrected chi connectivity index (χ2v) is 6.16. The monoisotopic (exact) mass is 326 g/mol. The third-order valence-corrected chi connectivity index (χ3v) is 4.54. The largest absolute Gasteiger partial charge is 0.294 e. The summed E-state index contributed by atoms with van der Waals surface area (Å²) in [5.41, 5.74) is 3.07. The van der Waals surface area contributed by atoms with E-state index in [-0.39, 0.29) is 17.6 Å². The van der Waals surface area contributed by atoms with Crippen molar-refractivity contribution in [1.82, 2.24) is 0 Å². The summed E-state index contributed by atoms with van der Waals surface area (Å²) in [7, 11) is 0. The van der Waals surface area contributed by atoms with E-state index in [2.05, 4.69) is 30.8 Å². The van der Waals surface area contributed by atoms with Gasteiger partial charge in [0.1, 0.15) is 0 Å². The Morgan fingerprint density at radius 2 is 1.20 bits per heavy atom. The molecular weight excluding hydrogens is 304 g/mol. The van der Waals surface area contributed by atoms with E-state index in [0.29, 0.717) is 6.42 Å². The fourth-order valence-corrected chi connectivity index (χ4v) is 3.37. The van der Waals surface area contributed by atoms with Crippen LogP contribution in [-0.4, -0.2) is 5.78 Å². The first-order valence-electron chi connectivity index (χ1n) is 8.61. The second kappa shape index (κ2) is 8.25. The average molecular weight is 326 g/mol. The predicted molar refractivity (Wildman–Crippen MR) is 104 cm³/mol. The molecule has 3 aromatic carbocycles. The molecule has 0 aliphatic heterocycles. The van der Waals surface area contributed by atoms with Gasteiger partial charge in [0.05, 0.1) is 0 Å². The van der Waals surface area contributed by atoms with Crippen LogP contribution in [0.15, 0.2) is 104 Å². The molecule has 0 bridgehead atoms. The van der Waals surface area contributed by atoms with Gasteiger partial charge in [-0.3, -0.25) is 4.79 Å². The molecule has 0 heterocycles. The number of carbonyl (C=O) groups excluding carboxylic acids is 1. The van der Waals surface area contributed by atoms with Gasteiger partial charge < -0.3 is 0 Å². The Morgan fingerprint density at radius 1 is 0.760 bits per heavy atom. The smallest absolute Gasteiger partial charge is 0.167 e. The maximum atomic E-state index is 13.3. The van der Waals surface area contributed by atoms with E-state index in [4.69, 9.17) is 0 Å². The van der Waals surface area contributed by atoms with E-state index in [1.165, 1.54) is 0 Å². The minimum atomic E-state index is -0.176. The van der Waals surface area contributed by atoms with Gasteiger partial charge in [0, 0.05) is 17.4 Å². The number of hydrogen-bond donors (Lipinski definition) is 0. The van der Waals surface area contributed by atoms with Crippen molar-refractivity contribution in [3.63, 3.8) is 0 Å². The van der Waals surface area contributed by atoms with Gasteiger partial charge in [-0.25, -0.2) is 0 Å². The molecule has 0 saturated carbocycles. The first-order valence-corrected chi connectivity index (χ1v) is 8.61. The number of benzene rings is 3. The molecule has 25 heavy (non-hydrogen) atoms. The van der Waals surface area contributed by atoms with Crippen LogP contribution in [0.5, 0.6) is 0 Å². The van der Waals surface area contributed by atoms with E-state index < -0.39 is 0 Å². The highest BCUT2D eigenvalue weighted by Gasteiger charge is 2.30. The van der Waals surface area contributed by atoms with Gasteiger partial charge >= 0.3 is 0 Å². The van der Waals surface area contributed by atoms with Gasteiger partial charge in [-0.05, 0) is 17.5 Å². The third kappa shape index (κ3) is 3.95. The van der Waals surface area contributed by atoms with Gasteiger partial charge in [0.25, 0.3) is 0 Å². The molecule has 3 aromatic rings. The van der Waals surface area contributed by atoms with Crippen molar-refractivity contribution < 1.29 is 4.79 Å². The van der Waals surface area contributed by atoms with E-state index in [9.17, 15) is 4.79 Å². The van der Waals surface area contributed by atoms with Crippen molar-refractivity contribution in [2.75, 3.05) is 0 Å². The van der Waals surface area contributed by atoms with Gasteiger partial charge in [0.15, 0.2) is 5.78 Å². The summed E-state index contributed by atoms with van der Waals surface area (Å²) >= 11 is 0. The van der Waals surface area contributed by atoms with Crippen LogP contribution >= 0.6 is 0 Å². The molecule has 0 amide bonds. The maximum absolute atomic E-state index is 13.3. The lowest BCUT2D eigenvalue weighted by molar-refractivity contribution is 0.0909. The lowest BCUT2D eigenvalue weighted by Gasteiger charge is -2.26.